The summed E-state index contributed by atoms with van der Waals surface area (Å²) in [6.07, 6.45) is 3.33. The summed E-state index contributed by atoms with van der Waals surface area (Å²) >= 11 is 6.59. The first-order valence-electron chi connectivity index (χ1n) is 11.0. The predicted octanol–water partition coefficient (Wildman–Crippen LogP) is 3.88. The molecule has 1 amide bonds. The SMILES string of the molecule is CCCOC(=O)c1cc(F)cc(-n2nc(CC)c3c2CC2(CCOCC2)CNC3=O)c1Cl. The topological polar surface area (TPSA) is 82.5 Å². The van der Waals surface area contributed by atoms with Crippen LogP contribution in [-0.4, -0.2) is 48.0 Å². The molecular formula is C23H27ClFN3O4. The van der Waals surface area contributed by atoms with Gasteiger partial charge in [0, 0.05) is 25.8 Å². The van der Waals surface area contributed by atoms with Crippen molar-refractivity contribution in [3.05, 3.63) is 45.5 Å². The number of nitrogens with one attached hydrogen (secondary N) is 1. The Hall–Kier alpha value is -2.45. The molecule has 1 spiro atoms. The largest absolute Gasteiger partial charge is 0.462 e. The van der Waals surface area contributed by atoms with Gasteiger partial charge in [-0.3, -0.25) is 4.79 Å². The second-order valence-electron chi connectivity index (χ2n) is 8.43. The van der Waals surface area contributed by atoms with E-state index in [1.807, 2.05) is 13.8 Å². The molecule has 1 aromatic heterocycles. The molecule has 2 aliphatic heterocycles. The van der Waals surface area contributed by atoms with Gasteiger partial charge in [-0.1, -0.05) is 25.4 Å². The lowest BCUT2D eigenvalue weighted by Gasteiger charge is -2.36. The van der Waals surface area contributed by atoms with E-state index in [1.165, 1.54) is 10.7 Å². The molecular weight excluding hydrogens is 437 g/mol. The van der Waals surface area contributed by atoms with Crippen LogP contribution in [0.3, 0.4) is 0 Å². The van der Waals surface area contributed by atoms with Crippen molar-refractivity contribution in [1.82, 2.24) is 15.1 Å². The number of carbonyl (C=O) groups is 2. The molecule has 0 bridgehead atoms. The van der Waals surface area contributed by atoms with Crippen LogP contribution >= 0.6 is 11.6 Å². The Morgan fingerprint density at radius 3 is 2.78 bits per heavy atom. The van der Waals surface area contributed by atoms with Crippen LogP contribution < -0.4 is 5.32 Å². The van der Waals surface area contributed by atoms with Crippen LogP contribution in [0, 0.1) is 11.2 Å². The molecule has 32 heavy (non-hydrogen) atoms. The number of amides is 1. The Bertz CT molecular complexity index is 1050. The van der Waals surface area contributed by atoms with Crippen molar-refractivity contribution in [3.63, 3.8) is 0 Å². The van der Waals surface area contributed by atoms with Gasteiger partial charge >= 0.3 is 5.97 Å². The quantitative estimate of drug-likeness (QED) is 0.680. The Morgan fingerprint density at radius 1 is 1.34 bits per heavy atom. The number of aromatic nitrogens is 2. The number of halogens is 2. The maximum absolute atomic E-state index is 14.6. The lowest BCUT2D eigenvalue weighted by molar-refractivity contribution is 0.0155. The van der Waals surface area contributed by atoms with Crippen LogP contribution in [0.15, 0.2) is 12.1 Å². The molecule has 1 N–H and O–H groups in total. The van der Waals surface area contributed by atoms with Gasteiger partial charge in [-0.25, -0.2) is 13.9 Å². The lowest BCUT2D eigenvalue weighted by atomic mass is 9.76. The number of aryl methyl sites for hydroxylation is 1. The summed E-state index contributed by atoms with van der Waals surface area (Å²) in [6, 6.07) is 2.31. The second kappa shape index (κ2) is 9.19. The summed E-state index contributed by atoms with van der Waals surface area (Å²) in [6.45, 7) is 5.77. The van der Waals surface area contributed by atoms with Crippen LogP contribution in [0.4, 0.5) is 4.39 Å². The number of hydrogen-bond acceptors (Lipinski definition) is 5. The fourth-order valence-corrected chi connectivity index (χ4v) is 4.72. The lowest BCUT2D eigenvalue weighted by Crippen LogP contribution is -2.40. The standard InChI is InChI=1S/C23H27ClFN3O4/c1-3-7-32-22(30)15-10-14(25)11-17(20(15)24)28-18-12-23(5-8-31-9-6-23)13-26-21(29)19(18)16(4-2)27-28/h10-11H,3-9,12-13H2,1-2H3,(H,26,29). The molecule has 9 heteroatoms. The van der Waals surface area contributed by atoms with Crippen molar-refractivity contribution in [3.8, 4) is 5.69 Å². The van der Waals surface area contributed by atoms with E-state index >= 15 is 0 Å². The highest BCUT2D eigenvalue weighted by atomic mass is 35.5. The first-order chi connectivity index (χ1) is 15.4. The number of nitrogens with zero attached hydrogens (tertiary/aromatic N) is 2. The number of esters is 1. The number of carbonyl (C=O) groups excluding carboxylic acids is 2. The molecule has 2 aromatic rings. The zero-order chi connectivity index (χ0) is 22.9. The Balaban J connectivity index is 1.86. The van der Waals surface area contributed by atoms with Gasteiger partial charge in [-0.15, -0.1) is 0 Å². The summed E-state index contributed by atoms with van der Waals surface area (Å²) in [5.41, 5.74) is 1.78. The average molecular weight is 464 g/mol. The van der Waals surface area contributed by atoms with E-state index in [4.69, 9.17) is 21.1 Å². The van der Waals surface area contributed by atoms with Gasteiger partial charge in [0.15, 0.2) is 0 Å². The van der Waals surface area contributed by atoms with Gasteiger partial charge in [0.25, 0.3) is 5.91 Å². The minimum atomic E-state index is -0.690. The normalized spacial score (nSPS) is 17.6. The molecule has 0 unspecified atom stereocenters. The summed E-state index contributed by atoms with van der Waals surface area (Å²) in [5.74, 6) is -1.51. The average Bonchev–Trinajstić information content (AvgIpc) is 3.09. The summed E-state index contributed by atoms with van der Waals surface area (Å²) in [5, 5.41) is 7.73. The molecule has 0 atom stereocenters. The van der Waals surface area contributed by atoms with Crippen LogP contribution in [0.2, 0.25) is 5.02 Å². The maximum Gasteiger partial charge on any atom is 0.339 e. The van der Waals surface area contributed by atoms with Crippen molar-refractivity contribution in [1.29, 1.82) is 0 Å². The third kappa shape index (κ3) is 4.13. The van der Waals surface area contributed by atoms with E-state index in [0.29, 0.717) is 56.0 Å². The van der Waals surface area contributed by atoms with E-state index in [1.54, 1.807) is 0 Å². The van der Waals surface area contributed by atoms with Gasteiger partial charge in [-0.2, -0.15) is 5.10 Å². The van der Waals surface area contributed by atoms with Crippen molar-refractivity contribution in [2.75, 3.05) is 26.4 Å². The minimum Gasteiger partial charge on any atom is -0.462 e. The van der Waals surface area contributed by atoms with Gasteiger partial charge in [-0.05, 0) is 43.6 Å². The summed E-state index contributed by atoms with van der Waals surface area (Å²) in [7, 11) is 0. The van der Waals surface area contributed by atoms with E-state index in [2.05, 4.69) is 10.4 Å². The first-order valence-corrected chi connectivity index (χ1v) is 11.4. The molecule has 7 nitrogen and oxygen atoms in total. The first kappa shape index (κ1) is 22.7. The summed E-state index contributed by atoms with van der Waals surface area (Å²) in [4.78, 5) is 25.5. The zero-order valence-corrected chi connectivity index (χ0v) is 19.1. The molecule has 0 saturated carbocycles. The molecule has 1 saturated heterocycles. The van der Waals surface area contributed by atoms with E-state index < -0.39 is 11.8 Å². The minimum absolute atomic E-state index is 0.0474. The molecule has 3 heterocycles. The fraction of sp³-hybridized carbons (Fsp3) is 0.522. The maximum atomic E-state index is 14.6. The smallest absolute Gasteiger partial charge is 0.339 e. The molecule has 1 fully saturated rings. The summed E-state index contributed by atoms with van der Waals surface area (Å²) < 4.78 is 26.9. The second-order valence-corrected chi connectivity index (χ2v) is 8.81. The van der Waals surface area contributed by atoms with Crippen LogP contribution in [-0.2, 0) is 22.3 Å². The third-order valence-electron chi connectivity index (χ3n) is 6.24. The predicted molar refractivity (Wildman–Crippen MR) is 117 cm³/mol. The molecule has 0 aliphatic carbocycles. The number of hydrogen-bond donors (Lipinski definition) is 1. The van der Waals surface area contributed by atoms with Gasteiger partial charge < -0.3 is 14.8 Å². The highest BCUT2D eigenvalue weighted by Gasteiger charge is 2.40. The van der Waals surface area contributed by atoms with Crippen molar-refractivity contribution in [2.45, 2.75) is 46.0 Å². The van der Waals surface area contributed by atoms with Crippen molar-refractivity contribution >= 4 is 23.5 Å². The molecule has 4 rings (SSSR count). The molecule has 2 aliphatic rings. The molecule has 172 valence electrons. The zero-order valence-electron chi connectivity index (χ0n) is 18.3. The highest BCUT2D eigenvalue weighted by Crippen LogP contribution is 2.39. The van der Waals surface area contributed by atoms with Crippen molar-refractivity contribution < 1.29 is 23.5 Å². The van der Waals surface area contributed by atoms with Gasteiger partial charge in [0.05, 0.1) is 39.8 Å². The number of rotatable bonds is 5. The van der Waals surface area contributed by atoms with Crippen LogP contribution in [0.5, 0.6) is 0 Å². The van der Waals surface area contributed by atoms with Crippen LogP contribution in [0.1, 0.15) is 65.2 Å². The van der Waals surface area contributed by atoms with Crippen LogP contribution in [0.25, 0.3) is 5.69 Å². The van der Waals surface area contributed by atoms with Gasteiger partial charge in [0.2, 0.25) is 0 Å². The van der Waals surface area contributed by atoms with Crippen molar-refractivity contribution in [2.24, 2.45) is 5.41 Å². The van der Waals surface area contributed by atoms with E-state index in [0.717, 1.165) is 18.9 Å². The van der Waals surface area contributed by atoms with E-state index in [-0.39, 0.29) is 34.2 Å². The molecule has 0 radical (unpaired) electrons. The van der Waals surface area contributed by atoms with Gasteiger partial charge in [0.1, 0.15) is 5.82 Å². The number of benzene rings is 1. The highest BCUT2D eigenvalue weighted by molar-refractivity contribution is 6.35. The Morgan fingerprint density at radius 2 is 2.09 bits per heavy atom. The monoisotopic (exact) mass is 463 g/mol. The number of ether oxygens (including phenoxy) is 2. The molecule has 1 aromatic carbocycles. The van der Waals surface area contributed by atoms with E-state index in [9.17, 15) is 14.0 Å². The number of fused-ring (bicyclic) bond motifs is 1. The Kier molecular flexibility index (Phi) is 6.53. The fourth-order valence-electron chi connectivity index (χ4n) is 4.46. The third-order valence-corrected chi connectivity index (χ3v) is 6.64. The Labute approximate surface area is 191 Å².